The van der Waals surface area contributed by atoms with Crippen LogP contribution >= 0.6 is 22.9 Å². The number of aryl methyl sites for hydroxylation is 2. The van der Waals surface area contributed by atoms with E-state index in [-0.39, 0.29) is 48.1 Å². The number of hydrogen-bond acceptors (Lipinski definition) is 15. The van der Waals surface area contributed by atoms with Crippen LogP contribution in [-0.4, -0.2) is 125 Å². The molecule has 0 saturated carbocycles. The second kappa shape index (κ2) is 19.5. The summed E-state index contributed by atoms with van der Waals surface area (Å²) in [6, 6.07) is 10.6. The number of hydrogen-bond donors (Lipinski definition) is 5. The molecule has 0 radical (unpaired) electrons. The number of rotatable bonds is 16. The summed E-state index contributed by atoms with van der Waals surface area (Å²) in [7, 11) is 0. The Morgan fingerprint density at radius 3 is 2.42 bits per heavy atom. The zero-order valence-electron chi connectivity index (χ0n) is 33.9. The smallest absolute Gasteiger partial charge is 0.267 e. The van der Waals surface area contributed by atoms with Crippen LogP contribution in [0.25, 0.3) is 0 Å². The van der Waals surface area contributed by atoms with Crippen LogP contribution < -0.4 is 36.2 Å². The molecule has 2 fully saturated rings. The Bertz CT molecular complexity index is 2400. The van der Waals surface area contributed by atoms with E-state index in [9.17, 15) is 33.6 Å². The van der Waals surface area contributed by atoms with Crippen LogP contribution in [0.2, 0.25) is 5.02 Å². The lowest BCUT2D eigenvalue weighted by Gasteiger charge is -2.35. The molecule has 2 saturated heterocycles. The van der Waals surface area contributed by atoms with Gasteiger partial charge in [0.05, 0.1) is 34.6 Å². The van der Waals surface area contributed by atoms with Crippen molar-refractivity contribution in [2.24, 2.45) is 0 Å². The topological polar surface area (TPSA) is 237 Å². The summed E-state index contributed by atoms with van der Waals surface area (Å²) in [5, 5.41) is 14.8. The molecule has 1 unspecified atom stereocenters. The maximum atomic E-state index is 13.2. The molecule has 5 heterocycles. The minimum absolute atomic E-state index is 0.00157. The van der Waals surface area contributed by atoms with Crippen molar-refractivity contribution in [2.75, 3.05) is 68.0 Å². The molecule has 0 bridgehead atoms. The molecule has 0 aliphatic carbocycles. The van der Waals surface area contributed by atoms with Crippen molar-refractivity contribution in [3.05, 3.63) is 81.1 Å². The number of carbonyl (C=O) groups is 7. The van der Waals surface area contributed by atoms with Gasteiger partial charge in [-0.05, 0) is 56.9 Å². The third kappa shape index (κ3) is 10.3. The molecule has 62 heavy (non-hydrogen) atoms. The third-order valence-corrected chi connectivity index (χ3v) is 11.6. The van der Waals surface area contributed by atoms with Crippen molar-refractivity contribution < 1.29 is 38.3 Å². The van der Waals surface area contributed by atoms with Crippen LogP contribution in [0.5, 0.6) is 5.75 Å². The lowest BCUT2D eigenvalue weighted by atomic mass is 10.0. The number of thiazole rings is 1. The summed E-state index contributed by atoms with van der Waals surface area (Å²) < 4.78 is 5.63. The van der Waals surface area contributed by atoms with Gasteiger partial charge in [-0.2, -0.15) is 0 Å². The number of carbonyl (C=O) groups excluding carboxylic acids is 7. The molecule has 1 atom stereocenters. The van der Waals surface area contributed by atoms with Gasteiger partial charge in [0.15, 0.2) is 11.7 Å². The van der Waals surface area contributed by atoms with E-state index in [1.165, 1.54) is 35.7 Å². The minimum atomic E-state index is -1.11. The van der Waals surface area contributed by atoms with Gasteiger partial charge in [0, 0.05) is 51.8 Å². The highest BCUT2D eigenvalue weighted by atomic mass is 35.5. The molecule has 3 aliphatic heterocycles. The van der Waals surface area contributed by atoms with Crippen molar-refractivity contribution >= 4 is 86.7 Å². The highest BCUT2D eigenvalue weighted by molar-refractivity contribution is 7.17. The fourth-order valence-corrected chi connectivity index (χ4v) is 8.18. The molecule has 3 aliphatic rings. The van der Waals surface area contributed by atoms with Gasteiger partial charge >= 0.3 is 0 Å². The van der Waals surface area contributed by atoms with Gasteiger partial charge in [-0.25, -0.2) is 15.0 Å². The lowest BCUT2D eigenvalue weighted by molar-refractivity contribution is -0.136. The van der Waals surface area contributed by atoms with E-state index in [0.29, 0.717) is 84.5 Å². The normalized spacial score (nSPS) is 16.5. The zero-order valence-corrected chi connectivity index (χ0v) is 35.5. The monoisotopic (exact) mass is 885 g/mol. The van der Waals surface area contributed by atoms with Gasteiger partial charge < -0.3 is 30.9 Å². The van der Waals surface area contributed by atoms with Crippen LogP contribution in [0.3, 0.4) is 0 Å². The van der Waals surface area contributed by atoms with Crippen molar-refractivity contribution in [3.63, 3.8) is 0 Å². The molecule has 2 aromatic carbocycles. The predicted molar refractivity (Wildman–Crippen MR) is 229 cm³/mol. The van der Waals surface area contributed by atoms with E-state index in [0.717, 1.165) is 16.3 Å². The summed E-state index contributed by atoms with van der Waals surface area (Å²) in [4.78, 5) is 107. The number of piperazine rings is 1. The molecule has 21 heteroatoms. The first-order chi connectivity index (χ1) is 29.8. The SMILES string of the molecule is Cc1nc(Nc2ncc(C(=O)Nc3c(C)cccc3Cl)s2)cc(N2CCN(CC(=O)NCCCCNC(=O)COc3cccc4c3C(=O)N(C3CCC(=O)NC3=O)C4=O)CC2)n1. The Balaban J connectivity index is 0.781. The third-order valence-electron chi connectivity index (χ3n) is 10.3. The average Bonchev–Trinajstić information content (AvgIpc) is 3.81. The number of anilines is 4. The first-order valence-electron chi connectivity index (χ1n) is 20.0. The Hall–Kier alpha value is -6.51. The number of benzene rings is 2. The molecule has 4 aromatic rings. The quantitative estimate of drug-likeness (QED) is 0.0804. The van der Waals surface area contributed by atoms with Gasteiger partial charge in [-0.1, -0.05) is 41.1 Å². The predicted octanol–water partition coefficient (Wildman–Crippen LogP) is 2.81. The molecular formula is C41H44ClN11O8S. The number of fused-ring (bicyclic) bond motifs is 1. The second-order valence-electron chi connectivity index (χ2n) is 14.8. The van der Waals surface area contributed by atoms with Gasteiger partial charge in [-0.3, -0.25) is 48.7 Å². The Kier molecular flexibility index (Phi) is 13.7. The molecule has 7 amide bonds. The fraction of sp³-hybridized carbons (Fsp3) is 0.366. The number of aromatic nitrogens is 3. The zero-order chi connectivity index (χ0) is 43.9. The van der Waals surface area contributed by atoms with E-state index in [1.54, 1.807) is 13.0 Å². The number of unbranched alkanes of at least 4 members (excludes halogenated alkanes) is 1. The van der Waals surface area contributed by atoms with Crippen LogP contribution in [0.15, 0.2) is 48.7 Å². The average molecular weight is 886 g/mol. The van der Waals surface area contributed by atoms with E-state index in [1.807, 2.05) is 25.1 Å². The van der Waals surface area contributed by atoms with Crippen molar-refractivity contribution in [3.8, 4) is 5.75 Å². The minimum Gasteiger partial charge on any atom is -0.483 e. The van der Waals surface area contributed by atoms with Crippen LogP contribution in [0.4, 0.5) is 22.5 Å². The van der Waals surface area contributed by atoms with Crippen LogP contribution in [0, 0.1) is 13.8 Å². The number of halogens is 1. The number of nitrogens with one attached hydrogen (secondary N) is 5. The Morgan fingerprint density at radius 1 is 0.935 bits per heavy atom. The van der Waals surface area contributed by atoms with Gasteiger partial charge in [0.25, 0.3) is 23.6 Å². The molecule has 324 valence electrons. The highest BCUT2D eigenvalue weighted by Crippen LogP contribution is 2.34. The molecule has 5 N–H and O–H groups in total. The summed E-state index contributed by atoms with van der Waals surface area (Å²) in [6.45, 7) is 6.88. The summed E-state index contributed by atoms with van der Waals surface area (Å²) >= 11 is 7.47. The first kappa shape index (κ1) is 43.6. The number of ether oxygens (including phenoxy) is 1. The highest BCUT2D eigenvalue weighted by Gasteiger charge is 2.46. The Labute approximate surface area is 364 Å². The van der Waals surface area contributed by atoms with E-state index in [2.05, 4.69) is 51.3 Å². The van der Waals surface area contributed by atoms with E-state index < -0.39 is 42.2 Å². The molecular weight excluding hydrogens is 842 g/mol. The lowest BCUT2D eigenvalue weighted by Crippen LogP contribution is -2.54. The summed E-state index contributed by atoms with van der Waals surface area (Å²) in [5.41, 5.74) is 1.43. The molecule has 2 aromatic heterocycles. The van der Waals surface area contributed by atoms with Gasteiger partial charge in [0.2, 0.25) is 17.7 Å². The number of amides is 7. The summed E-state index contributed by atoms with van der Waals surface area (Å²) in [6.07, 6.45) is 2.74. The maximum absolute atomic E-state index is 13.2. The number of para-hydroxylation sites is 1. The van der Waals surface area contributed by atoms with Gasteiger partial charge in [0.1, 0.15) is 34.1 Å². The van der Waals surface area contributed by atoms with Crippen molar-refractivity contribution in [1.82, 2.24) is 40.7 Å². The first-order valence-corrected chi connectivity index (χ1v) is 21.2. The van der Waals surface area contributed by atoms with E-state index >= 15 is 0 Å². The molecule has 19 nitrogen and oxygen atoms in total. The second-order valence-corrected chi connectivity index (χ2v) is 16.2. The number of piperidine rings is 1. The van der Waals surface area contributed by atoms with Crippen molar-refractivity contribution in [2.45, 2.75) is 45.6 Å². The van der Waals surface area contributed by atoms with Crippen LogP contribution in [-0.2, 0) is 19.2 Å². The molecule has 0 spiro atoms. The number of imide groups is 2. The summed E-state index contributed by atoms with van der Waals surface area (Å²) in [5.74, 6) is -1.54. The standard InChI is InChI=1S/C41H44ClN11O8S/c1-23-7-5-9-26(42)36(23)50-38(58)29-20-45-41(62-29)48-30-19-31(47-24(2)46-30)52-17-15-51(16-18-52)21-33(55)43-13-3-4-14-44-34(56)22-61-28-10-6-8-25-35(28)40(60)53(39(25)59)27-11-12-32(54)49-37(27)57/h5-10,19-20,27H,3-4,11-18,21-22H2,1-2H3,(H,43,55)(H,44,56)(H,50,58)(H,49,54,57)(H,45,46,47,48). The van der Waals surface area contributed by atoms with Crippen LogP contribution in [0.1, 0.15) is 67.5 Å². The van der Waals surface area contributed by atoms with Gasteiger partial charge in [-0.15, -0.1) is 0 Å². The fourth-order valence-electron chi connectivity index (χ4n) is 7.19. The van der Waals surface area contributed by atoms with Crippen molar-refractivity contribution in [1.29, 1.82) is 0 Å². The number of nitrogens with zero attached hydrogens (tertiary/aromatic N) is 6. The van der Waals surface area contributed by atoms with E-state index in [4.69, 9.17) is 16.3 Å². The maximum Gasteiger partial charge on any atom is 0.267 e. The Morgan fingerprint density at radius 2 is 1.68 bits per heavy atom. The largest absolute Gasteiger partial charge is 0.483 e. The molecule has 7 rings (SSSR count).